The maximum atomic E-state index is 14.2. The quantitative estimate of drug-likeness (QED) is 0.421. The summed E-state index contributed by atoms with van der Waals surface area (Å²) in [6, 6.07) is 14.2. The Morgan fingerprint density at radius 1 is 0.771 bits per heavy atom. The number of hydrogen-bond donors (Lipinski definition) is 3. The van der Waals surface area contributed by atoms with Gasteiger partial charge in [-0.15, -0.1) is 12.4 Å². The van der Waals surface area contributed by atoms with E-state index in [1.165, 1.54) is 24.3 Å². The highest BCUT2D eigenvalue weighted by Gasteiger charge is 2.24. The molecule has 3 aromatic rings. The molecule has 0 spiro atoms. The molecule has 8 nitrogen and oxygen atoms in total. The van der Waals surface area contributed by atoms with E-state index in [4.69, 9.17) is 0 Å². The van der Waals surface area contributed by atoms with Crippen LogP contribution in [0.15, 0.2) is 76.5 Å². The Kier molecular flexibility index (Phi) is 8.21. The smallest absolute Gasteiger partial charge is 0.264 e. The Hall–Kier alpha value is -2.93. The minimum absolute atomic E-state index is 0. The van der Waals surface area contributed by atoms with Gasteiger partial charge in [0.2, 0.25) is 0 Å². The number of anilines is 3. The van der Waals surface area contributed by atoms with Gasteiger partial charge < -0.3 is 10.2 Å². The molecular weight excluding hydrogens is 522 g/mol. The van der Waals surface area contributed by atoms with Crippen LogP contribution >= 0.6 is 12.4 Å². The molecule has 0 radical (unpaired) electrons. The third kappa shape index (κ3) is 6.20. The minimum atomic E-state index is -4.49. The zero-order valence-corrected chi connectivity index (χ0v) is 20.7. The number of nitrogens with zero attached hydrogens (tertiary/aromatic N) is 1. The van der Waals surface area contributed by atoms with Crippen LogP contribution in [-0.4, -0.2) is 43.0 Å². The molecule has 3 aromatic carbocycles. The van der Waals surface area contributed by atoms with Crippen LogP contribution < -0.4 is 19.7 Å². The lowest BCUT2D eigenvalue weighted by molar-refractivity contribution is 0.551. The second-order valence-electron chi connectivity index (χ2n) is 7.57. The molecule has 0 unspecified atom stereocenters. The largest absolute Gasteiger partial charge is 0.369 e. The van der Waals surface area contributed by atoms with Gasteiger partial charge in [0.1, 0.15) is 16.5 Å². The monoisotopic (exact) mass is 544 g/mol. The van der Waals surface area contributed by atoms with E-state index in [1.54, 1.807) is 24.3 Å². The molecule has 0 bridgehead atoms. The van der Waals surface area contributed by atoms with Crippen LogP contribution in [0.1, 0.15) is 0 Å². The van der Waals surface area contributed by atoms with Gasteiger partial charge in [-0.1, -0.05) is 18.2 Å². The zero-order valence-electron chi connectivity index (χ0n) is 18.2. The number of sulfonamides is 2. The van der Waals surface area contributed by atoms with E-state index >= 15 is 0 Å². The number of piperazine rings is 1. The fraction of sp³-hybridized carbons (Fsp3) is 0.182. The molecule has 0 atom stereocenters. The van der Waals surface area contributed by atoms with Crippen molar-refractivity contribution in [1.82, 2.24) is 5.32 Å². The van der Waals surface area contributed by atoms with Crippen molar-refractivity contribution in [2.45, 2.75) is 9.79 Å². The Morgan fingerprint density at radius 3 is 2.09 bits per heavy atom. The first kappa shape index (κ1) is 26.7. The topological polar surface area (TPSA) is 108 Å². The first-order valence-electron chi connectivity index (χ1n) is 10.3. The summed E-state index contributed by atoms with van der Waals surface area (Å²) < 4.78 is 83.7. The molecule has 13 heteroatoms. The third-order valence-electron chi connectivity index (χ3n) is 5.21. The van der Waals surface area contributed by atoms with Crippen LogP contribution in [0.4, 0.5) is 25.8 Å². The molecule has 35 heavy (non-hydrogen) atoms. The lowest BCUT2D eigenvalue weighted by Gasteiger charge is -2.30. The van der Waals surface area contributed by atoms with Crippen LogP contribution in [0.2, 0.25) is 0 Å². The molecule has 0 aromatic heterocycles. The standard InChI is InChI=1S/C22H22F2N4O4S2.ClH/c23-16-6-9-22(19(24)14-16)34(31,32)26-20-8-7-17(28-12-10-25-11-13-28)15-21(20)27-33(29,30)18-4-2-1-3-5-18;/h1-9,14-15,25-27H,10-13H2;1H. The fourth-order valence-corrected chi connectivity index (χ4v) is 5.75. The molecule has 0 amide bonds. The van der Waals surface area contributed by atoms with Crippen LogP contribution in [-0.2, 0) is 20.0 Å². The van der Waals surface area contributed by atoms with E-state index in [0.717, 1.165) is 25.2 Å². The van der Waals surface area contributed by atoms with Crippen LogP contribution in [0.5, 0.6) is 0 Å². The molecule has 0 aliphatic carbocycles. The van der Waals surface area contributed by atoms with Crippen molar-refractivity contribution in [2.24, 2.45) is 0 Å². The Bertz CT molecular complexity index is 1400. The molecule has 1 aliphatic rings. The molecule has 4 rings (SSSR count). The van der Waals surface area contributed by atoms with Gasteiger partial charge in [-0.25, -0.2) is 25.6 Å². The van der Waals surface area contributed by atoms with Gasteiger partial charge in [-0.3, -0.25) is 9.44 Å². The Balaban J connectivity index is 0.00000342. The summed E-state index contributed by atoms with van der Waals surface area (Å²) in [5.74, 6) is -2.19. The van der Waals surface area contributed by atoms with Crippen LogP contribution in [0, 0.1) is 11.6 Å². The van der Waals surface area contributed by atoms with Crippen molar-refractivity contribution >= 4 is 49.5 Å². The van der Waals surface area contributed by atoms with Gasteiger partial charge in [-0.05, 0) is 42.5 Å². The lowest BCUT2D eigenvalue weighted by Crippen LogP contribution is -2.43. The normalized spacial score (nSPS) is 14.2. The van der Waals surface area contributed by atoms with Crippen LogP contribution in [0.3, 0.4) is 0 Å². The predicted octanol–water partition coefficient (Wildman–Crippen LogP) is 3.40. The summed E-state index contributed by atoms with van der Waals surface area (Å²) in [4.78, 5) is 1.24. The number of hydrogen-bond acceptors (Lipinski definition) is 6. The average molecular weight is 545 g/mol. The van der Waals surface area contributed by atoms with Crippen molar-refractivity contribution in [3.05, 3.63) is 78.4 Å². The molecule has 0 saturated carbocycles. The van der Waals surface area contributed by atoms with E-state index in [-0.39, 0.29) is 28.7 Å². The molecular formula is C22H23ClF2N4O4S2. The molecule has 1 aliphatic heterocycles. The van der Waals surface area contributed by atoms with Gasteiger partial charge >= 0.3 is 0 Å². The summed E-state index contributed by atoms with van der Waals surface area (Å²) >= 11 is 0. The highest BCUT2D eigenvalue weighted by molar-refractivity contribution is 7.93. The van der Waals surface area contributed by atoms with Gasteiger partial charge in [0.05, 0.1) is 16.3 Å². The average Bonchev–Trinajstić information content (AvgIpc) is 2.81. The fourth-order valence-electron chi connectivity index (χ4n) is 3.52. The van der Waals surface area contributed by atoms with Crippen LogP contribution in [0.25, 0.3) is 0 Å². The number of benzene rings is 3. The highest BCUT2D eigenvalue weighted by Crippen LogP contribution is 2.32. The highest BCUT2D eigenvalue weighted by atomic mass is 35.5. The second kappa shape index (κ2) is 10.8. The summed E-state index contributed by atoms with van der Waals surface area (Å²) in [5, 5.41) is 3.22. The SMILES string of the molecule is Cl.O=S(=O)(Nc1cc(N2CCNCC2)ccc1NS(=O)(=O)c1ccc(F)cc1F)c1ccccc1. The van der Waals surface area contributed by atoms with Gasteiger partial charge in [0.15, 0.2) is 0 Å². The number of halogens is 3. The maximum Gasteiger partial charge on any atom is 0.264 e. The molecule has 3 N–H and O–H groups in total. The first-order chi connectivity index (χ1) is 16.2. The summed E-state index contributed by atoms with van der Waals surface area (Å²) in [5.41, 5.74) is 0.538. The maximum absolute atomic E-state index is 14.2. The van der Waals surface area contributed by atoms with E-state index in [0.29, 0.717) is 24.8 Å². The van der Waals surface area contributed by atoms with E-state index < -0.39 is 36.6 Å². The zero-order chi connectivity index (χ0) is 24.3. The van der Waals surface area contributed by atoms with Gasteiger partial charge in [0.25, 0.3) is 20.0 Å². The lowest BCUT2D eigenvalue weighted by atomic mass is 10.2. The summed E-state index contributed by atoms with van der Waals surface area (Å²) in [6.45, 7) is 2.83. The Morgan fingerprint density at radius 2 is 1.43 bits per heavy atom. The Labute approximate surface area is 208 Å². The molecule has 188 valence electrons. The van der Waals surface area contributed by atoms with Crippen molar-refractivity contribution in [1.29, 1.82) is 0 Å². The number of nitrogens with one attached hydrogen (secondary N) is 3. The molecule has 1 heterocycles. The van der Waals surface area contributed by atoms with Crippen molar-refractivity contribution < 1.29 is 25.6 Å². The van der Waals surface area contributed by atoms with Gasteiger partial charge in [-0.2, -0.15) is 0 Å². The first-order valence-corrected chi connectivity index (χ1v) is 13.3. The second-order valence-corrected chi connectivity index (χ2v) is 10.9. The summed E-state index contributed by atoms with van der Waals surface area (Å²) in [7, 11) is -8.55. The van der Waals surface area contributed by atoms with E-state index in [2.05, 4.69) is 14.8 Å². The van der Waals surface area contributed by atoms with E-state index in [1.807, 2.05) is 4.90 Å². The minimum Gasteiger partial charge on any atom is -0.369 e. The molecule has 1 saturated heterocycles. The number of rotatable bonds is 7. The predicted molar refractivity (Wildman–Crippen MR) is 133 cm³/mol. The molecule has 1 fully saturated rings. The van der Waals surface area contributed by atoms with Gasteiger partial charge in [0, 0.05) is 37.9 Å². The third-order valence-corrected chi connectivity index (χ3v) is 7.99. The van der Waals surface area contributed by atoms with Crippen molar-refractivity contribution in [3.8, 4) is 0 Å². The van der Waals surface area contributed by atoms with Crippen molar-refractivity contribution in [2.75, 3.05) is 40.5 Å². The van der Waals surface area contributed by atoms with Crippen molar-refractivity contribution in [3.63, 3.8) is 0 Å². The van der Waals surface area contributed by atoms with E-state index in [9.17, 15) is 25.6 Å². The summed E-state index contributed by atoms with van der Waals surface area (Å²) in [6.07, 6.45) is 0.